The van der Waals surface area contributed by atoms with E-state index in [0.717, 1.165) is 0 Å². The topological polar surface area (TPSA) is 144 Å². The van der Waals surface area contributed by atoms with Gasteiger partial charge in [-0.3, -0.25) is 9.59 Å². The van der Waals surface area contributed by atoms with E-state index in [9.17, 15) is 14.7 Å². The van der Waals surface area contributed by atoms with Crippen LogP contribution >= 0.6 is 11.6 Å². The maximum absolute atomic E-state index is 14.2. The number of aliphatic hydroxyl groups excluding tert-OH is 1. The number of fused-ring (bicyclic) bond motifs is 1. The number of carboxylic acids is 1. The van der Waals surface area contributed by atoms with Gasteiger partial charge in [0.1, 0.15) is 12.2 Å². The van der Waals surface area contributed by atoms with Crippen molar-refractivity contribution >= 4 is 29.2 Å². The van der Waals surface area contributed by atoms with Crippen LogP contribution in [0.5, 0.6) is 11.5 Å². The number of para-hydroxylation sites is 1. The lowest BCUT2D eigenvalue weighted by Gasteiger charge is -2.32. The van der Waals surface area contributed by atoms with Crippen molar-refractivity contribution in [2.24, 2.45) is 5.41 Å². The Morgan fingerprint density at radius 1 is 1.17 bits per heavy atom. The lowest BCUT2D eigenvalue weighted by Crippen LogP contribution is -2.46. The molecule has 2 N–H and O–H groups in total. The first-order valence-electron chi connectivity index (χ1n) is 13.2. The maximum Gasteiger partial charge on any atom is 0.303 e. The Balaban J connectivity index is 1.79. The number of halogens is 1. The van der Waals surface area contributed by atoms with Crippen LogP contribution in [0.2, 0.25) is 5.02 Å². The molecular formula is C29H34ClN3O8. The van der Waals surface area contributed by atoms with Gasteiger partial charge in [0.15, 0.2) is 17.3 Å². The highest BCUT2D eigenvalue weighted by atomic mass is 35.5. The van der Waals surface area contributed by atoms with Gasteiger partial charge in [-0.2, -0.15) is 4.98 Å². The van der Waals surface area contributed by atoms with Crippen LogP contribution in [-0.2, 0) is 27.2 Å². The second-order valence-corrected chi connectivity index (χ2v) is 11.0. The van der Waals surface area contributed by atoms with Crippen LogP contribution in [0.25, 0.3) is 0 Å². The molecule has 0 bridgehead atoms. The number of benzene rings is 2. The molecule has 0 saturated heterocycles. The SMILES string of the molecule is COc1cccc([C@H]2O[C@H](Cc3noc(CCCC(=O)O)n3)C(=O)N(CC(C)(C)CO)c3ccc(Cl)cc32)c1OC. The smallest absolute Gasteiger partial charge is 0.303 e. The first-order valence-corrected chi connectivity index (χ1v) is 13.6. The predicted octanol–water partition coefficient (Wildman–Crippen LogP) is 4.23. The lowest BCUT2D eigenvalue weighted by molar-refractivity contribution is -0.137. The van der Waals surface area contributed by atoms with Crippen LogP contribution in [0.4, 0.5) is 5.69 Å². The molecule has 2 aromatic carbocycles. The number of carbonyl (C=O) groups excluding carboxylic acids is 1. The minimum absolute atomic E-state index is 0.0121. The van der Waals surface area contributed by atoms with Crippen molar-refractivity contribution in [3.8, 4) is 11.5 Å². The van der Waals surface area contributed by atoms with Crippen LogP contribution < -0.4 is 14.4 Å². The summed E-state index contributed by atoms with van der Waals surface area (Å²) in [4.78, 5) is 31.0. The number of anilines is 1. The van der Waals surface area contributed by atoms with Crippen LogP contribution in [0, 0.1) is 5.41 Å². The quantitative estimate of drug-likeness (QED) is 0.316. The van der Waals surface area contributed by atoms with Gasteiger partial charge in [-0.1, -0.05) is 42.7 Å². The zero-order valence-corrected chi connectivity index (χ0v) is 24.2. The molecule has 0 spiro atoms. The first-order chi connectivity index (χ1) is 19.6. The monoisotopic (exact) mass is 587 g/mol. The number of carboxylic acid groups (broad SMARTS) is 1. The average molecular weight is 588 g/mol. The number of amides is 1. The van der Waals surface area contributed by atoms with E-state index in [-0.39, 0.29) is 43.6 Å². The lowest BCUT2D eigenvalue weighted by atomic mass is 9.92. The number of hydrogen-bond donors (Lipinski definition) is 2. The molecule has 1 amide bonds. The molecule has 3 aromatic rings. The van der Waals surface area contributed by atoms with Crippen LogP contribution in [-0.4, -0.2) is 65.7 Å². The highest BCUT2D eigenvalue weighted by Gasteiger charge is 2.40. The number of methoxy groups -OCH3 is 2. The van der Waals surface area contributed by atoms with E-state index < -0.39 is 23.6 Å². The van der Waals surface area contributed by atoms with Crippen LogP contribution in [0.15, 0.2) is 40.9 Å². The van der Waals surface area contributed by atoms with Crippen molar-refractivity contribution in [1.29, 1.82) is 0 Å². The van der Waals surface area contributed by atoms with Crippen molar-refractivity contribution in [3.63, 3.8) is 0 Å². The minimum atomic E-state index is -1.05. The molecule has 0 saturated carbocycles. The summed E-state index contributed by atoms with van der Waals surface area (Å²) in [7, 11) is 3.07. The summed E-state index contributed by atoms with van der Waals surface area (Å²) < 4.78 is 23.1. The molecule has 220 valence electrons. The highest BCUT2D eigenvalue weighted by molar-refractivity contribution is 6.30. The third-order valence-electron chi connectivity index (χ3n) is 6.79. The molecule has 2 atom stereocenters. The fourth-order valence-electron chi connectivity index (χ4n) is 4.74. The minimum Gasteiger partial charge on any atom is -0.493 e. The third-order valence-corrected chi connectivity index (χ3v) is 7.03. The maximum atomic E-state index is 14.2. The van der Waals surface area contributed by atoms with E-state index in [1.165, 1.54) is 14.2 Å². The molecule has 41 heavy (non-hydrogen) atoms. The Bertz CT molecular complexity index is 1390. The molecule has 2 heterocycles. The van der Waals surface area contributed by atoms with Gasteiger partial charge in [0.2, 0.25) is 5.89 Å². The number of rotatable bonds is 12. The fourth-order valence-corrected chi connectivity index (χ4v) is 4.92. The number of aryl methyl sites for hydroxylation is 1. The number of hydrogen-bond acceptors (Lipinski definition) is 9. The van der Waals surface area contributed by atoms with Gasteiger partial charge >= 0.3 is 5.97 Å². The highest BCUT2D eigenvalue weighted by Crippen LogP contribution is 2.45. The number of ether oxygens (including phenoxy) is 3. The summed E-state index contributed by atoms with van der Waals surface area (Å²) in [6.07, 6.45) is -1.26. The molecule has 0 radical (unpaired) electrons. The summed E-state index contributed by atoms with van der Waals surface area (Å²) in [5.41, 5.74) is 1.21. The summed E-state index contributed by atoms with van der Waals surface area (Å²) >= 11 is 6.47. The molecule has 0 aliphatic carbocycles. The van der Waals surface area contributed by atoms with Gasteiger partial charge in [-0.15, -0.1) is 0 Å². The summed E-state index contributed by atoms with van der Waals surface area (Å²) in [6, 6.07) is 10.6. The molecule has 11 nitrogen and oxygen atoms in total. The second kappa shape index (κ2) is 12.9. The Kier molecular flexibility index (Phi) is 9.52. The molecule has 12 heteroatoms. The van der Waals surface area contributed by atoms with E-state index >= 15 is 0 Å². The zero-order valence-electron chi connectivity index (χ0n) is 23.4. The van der Waals surface area contributed by atoms with Gasteiger partial charge in [0, 0.05) is 59.7 Å². The van der Waals surface area contributed by atoms with Crippen molar-refractivity contribution < 1.29 is 38.5 Å². The normalized spacial score (nSPS) is 17.2. The number of aliphatic carboxylic acids is 1. The third kappa shape index (κ3) is 6.98. The van der Waals surface area contributed by atoms with Crippen LogP contribution in [0.3, 0.4) is 0 Å². The van der Waals surface area contributed by atoms with Crippen molar-refractivity contribution in [3.05, 3.63) is 64.3 Å². The van der Waals surface area contributed by atoms with Crippen molar-refractivity contribution in [1.82, 2.24) is 10.1 Å². The molecule has 1 aliphatic rings. The predicted molar refractivity (Wildman–Crippen MR) is 150 cm³/mol. The van der Waals surface area contributed by atoms with E-state index in [2.05, 4.69) is 10.1 Å². The molecule has 0 fully saturated rings. The summed E-state index contributed by atoms with van der Waals surface area (Å²) in [5, 5.41) is 23.4. The number of carbonyl (C=O) groups is 2. The van der Waals surface area contributed by atoms with Gasteiger partial charge < -0.3 is 33.8 Å². The molecular weight excluding hydrogens is 554 g/mol. The molecule has 0 unspecified atom stereocenters. The van der Waals surface area contributed by atoms with Gasteiger partial charge in [-0.05, 0) is 30.7 Å². The largest absolute Gasteiger partial charge is 0.493 e. The number of nitrogens with zero attached hydrogens (tertiary/aromatic N) is 3. The van der Waals surface area contributed by atoms with Crippen LogP contribution in [0.1, 0.15) is 55.6 Å². The second-order valence-electron chi connectivity index (χ2n) is 10.6. The number of aliphatic hydroxyl groups is 1. The van der Waals surface area contributed by atoms with Gasteiger partial charge in [-0.25, -0.2) is 0 Å². The average Bonchev–Trinajstić information content (AvgIpc) is 3.36. The fraction of sp³-hybridized carbons (Fsp3) is 0.448. The Morgan fingerprint density at radius 2 is 1.95 bits per heavy atom. The van der Waals surface area contributed by atoms with Crippen molar-refractivity contribution in [2.45, 2.75) is 51.7 Å². The standard InChI is InChI=1S/C29H34ClN3O8/c1-29(2,16-34)15-33-20-12-11-17(30)13-19(20)26(18-7-5-8-21(38-3)27(18)39-4)40-22(28(33)37)14-23-31-24(41-32-23)9-6-10-25(35)36/h5,7-8,11-13,22,26,34H,6,9-10,14-16H2,1-4H3,(H,35,36)/t22-,26-/m1/s1. The Hall–Kier alpha value is -3.67. The van der Waals surface area contributed by atoms with Gasteiger partial charge in [0.05, 0.1) is 14.2 Å². The summed E-state index contributed by atoms with van der Waals surface area (Å²) in [5.74, 6) is 0.203. The number of aromatic nitrogens is 2. The molecule has 4 rings (SSSR count). The molecule has 1 aliphatic heterocycles. The summed E-state index contributed by atoms with van der Waals surface area (Å²) in [6.45, 7) is 3.78. The van der Waals surface area contributed by atoms with E-state index in [4.69, 9.17) is 35.4 Å². The van der Waals surface area contributed by atoms with E-state index in [1.54, 1.807) is 35.2 Å². The Labute approximate surface area is 243 Å². The van der Waals surface area contributed by atoms with E-state index in [0.29, 0.717) is 46.2 Å². The zero-order chi connectivity index (χ0) is 29.7. The first kappa shape index (κ1) is 30.3. The van der Waals surface area contributed by atoms with Crippen molar-refractivity contribution in [2.75, 3.05) is 32.3 Å². The Morgan fingerprint density at radius 3 is 2.63 bits per heavy atom. The van der Waals surface area contributed by atoms with Gasteiger partial charge in [0.25, 0.3) is 5.91 Å². The molecule has 1 aromatic heterocycles. The van der Waals surface area contributed by atoms with E-state index in [1.807, 2.05) is 19.9 Å².